The fraction of sp³-hybridized carbons (Fsp3) is 0.391. The van der Waals surface area contributed by atoms with E-state index in [0.29, 0.717) is 24.6 Å². The lowest BCUT2D eigenvalue weighted by Crippen LogP contribution is -2.47. The zero-order valence-electron chi connectivity index (χ0n) is 17.8. The molecule has 0 spiro atoms. The minimum Gasteiger partial charge on any atom is -0.489 e. The van der Waals surface area contributed by atoms with Crippen molar-refractivity contribution in [1.82, 2.24) is 10.6 Å². The maximum absolute atomic E-state index is 12.4. The number of nitrogens with one attached hydrogen (secondary N) is 2. The van der Waals surface area contributed by atoms with E-state index in [1.54, 1.807) is 20.8 Å². The molecule has 2 N–H and O–H groups in total. The molecule has 2 aromatic carbocycles. The first-order valence-corrected chi connectivity index (χ1v) is 10.3. The monoisotopic (exact) mass is 432 g/mol. The van der Waals surface area contributed by atoms with Crippen molar-refractivity contribution in [1.29, 1.82) is 0 Å². The Bertz CT molecular complexity index is 847. The Balaban J connectivity index is 1.81. The highest BCUT2D eigenvalue weighted by Gasteiger charge is 2.22. The fourth-order valence-corrected chi connectivity index (χ4v) is 2.83. The number of benzene rings is 2. The highest BCUT2D eigenvalue weighted by molar-refractivity contribution is 6.30. The molecule has 2 amide bonds. The van der Waals surface area contributed by atoms with Gasteiger partial charge in [0.2, 0.25) is 5.91 Å². The maximum Gasteiger partial charge on any atom is 0.408 e. The minimum atomic E-state index is -0.653. The third-order valence-corrected chi connectivity index (χ3v) is 4.34. The molecule has 7 heteroatoms. The highest BCUT2D eigenvalue weighted by Crippen LogP contribution is 2.16. The molecule has 0 bridgehead atoms. The van der Waals surface area contributed by atoms with Gasteiger partial charge in [-0.3, -0.25) is 4.79 Å². The molecule has 0 radical (unpaired) electrons. The lowest BCUT2D eigenvalue weighted by molar-refractivity contribution is -0.123. The summed E-state index contributed by atoms with van der Waals surface area (Å²) in [5, 5.41) is 6.11. The second kappa shape index (κ2) is 10.9. The lowest BCUT2D eigenvalue weighted by Gasteiger charge is -2.22. The van der Waals surface area contributed by atoms with Crippen molar-refractivity contribution in [2.45, 2.75) is 58.9 Å². The molecule has 162 valence electrons. The predicted octanol–water partition coefficient (Wildman–Crippen LogP) is 4.84. The van der Waals surface area contributed by atoms with Crippen LogP contribution in [0.4, 0.5) is 4.79 Å². The second-order valence-corrected chi connectivity index (χ2v) is 8.32. The van der Waals surface area contributed by atoms with Crippen LogP contribution in [0.5, 0.6) is 5.75 Å². The van der Waals surface area contributed by atoms with E-state index < -0.39 is 17.7 Å². The summed E-state index contributed by atoms with van der Waals surface area (Å²) in [6.07, 6.45) is -0.146. The highest BCUT2D eigenvalue weighted by atomic mass is 35.5. The van der Waals surface area contributed by atoms with E-state index in [1.165, 1.54) is 0 Å². The molecular formula is C23H29ClN2O4. The van der Waals surface area contributed by atoms with E-state index in [4.69, 9.17) is 21.1 Å². The molecule has 0 aliphatic carbocycles. The molecule has 30 heavy (non-hydrogen) atoms. The number of amides is 2. The summed E-state index contributed by atoms with van der Waals surface area (Å²) >= 11 is 5.98. The molecule has 0 fully saturated rings. The van der Waals surface area contributed by atoms with E-state index in [9.17, 15) is 9.59 Å². The molecule has 0 aliphatic heterocycles. The molecule has 2 rings (SSSR count). The van der Waals surface area contributed by atoms with Crippen LogP contribution in [0.25, 0.3) is 0 Å². The maximum atomic E-state index is 12.4. The molecule has 2 aromatic rings. The first-order chi connectivity index (χ1) is 14.2. The first kappa shape index (κ1) is 23.5. The Morgan fingerprint density at radius 2 is 1.77 bits per heavy atom. The fourth-order valence-electron chi connectivity index (χ4n) is 2.61. The van der Waals surface area contributed by atoms with Crippen molar-refractivity contribution in [2.24, 2.45) is 0 Å². The van der Waals surface area contributed by atoms with Crippen LogP contribution in [0.2, 0.25) is 5.02 Å². The summed E-state index contributed by atoms with van der Waals surface area (Å²) in [6.45, 7) is 7.92. The predicted molar refractivity (Wildman–Crippen MR) is 118 cm³/mol. The summed E-state index contributed by atoms with van der Waals surface area (Å²) < 4.78 is 11.0. The van der Waals surface area contributed by atoms with Gasteiger partial charge in [0.1, 0.15) is 24.0 Å². The zero-order chi connectivity index (χ0) is 22.1. The number of hydrogen-bond acceptors (Lipinski definition) is 4. The smallest absolute Gasteiger partial charge is 0.408 e. The van der Waals surface area contributed by atoms with Crippen molar-refractivity contribution in [3.63, 3.8) is 0 Å². The van der Waals surface area contributed by atoms with Gasteiger partial charge in [0.05, 0.1) is 0 Å². The van der Waals surface area contributed by atoms with Gasteiger partial charge in [0.25, 0.3) is 0 Å². The van der Waals surface area contributed by atoms with E-state index in [2.05, 4.69) is 10.6 Å². The van der Waals surface area contributed by atoms with Crippen molar-refractivity contribution in [3.05, 3.63) is 64.7 Å². The molecule has 0 aromatic heterocycles. The molecule has 0 saturated heterocycles. The van der Waals surface area contributed by atoms with Crippen LogP contribution in [-0.2, 0) is 22.7 Å². The van der Waals surface area contributed by atoms with Gasteiger partial charge in [-0.2, -0.15) is 0 Å². The Hall–Kier alpha value is -2.73. The Morgan fingerprint density at radius 1 is 1.07 bits per heavy atom. The average molecular weight is 433 g/mol. The van der Waals surface area contributed by atoms with Crippen LogP contribution in [-0.4, -0.2) is 23.6 Å². The first-order valence-electron chi connectivity index (χ1n) is 9.89. The lowest BCUT2D eigenvalue weighted by atomic mass is 10.2. The number of alkyl carbamates (subject to hydrolysis) is 1. The molecule has 1 atom stereocenters. The average Bonchev–Trinajstić information content (AvgIpc) is 2.68. The van der Waals surface area contributed by atoms with Crippen molar-refractivity contribution in [2.75, 3.05) is 0 Å². The normalized spacial score (nSPS) is 12.0. The number of halogens is 1. The van der Waals surface area contributed by atoms with E-state index in [-0.39, 0.29) is 5.91 Å². The zero-order valence-corrected chi connectivity index (χ0v) is 18.6. The second-order valence-electron chi connectivity index (χ2n) is 7.89. The summed E-state index contributed by atoms with van der Waals surface area (Å²) in [5.74, 6) is 0.465. The van der Waals surface area contributed by atoms with Gasteiger partial charge in [-0.15, -0.1) is 0 Å². The molecule has 0 saturated carbocycles. The number of ether oxygens (including phenoxy) is 2. The van der Waals surface area contributed by atoms with E-state index >= 15 is 0 Å². The topological polar surface area (TPSA) is 76.7 Å². The summed E-state index contributed by atoms with van der Waals surface area (Å²) in [5.41, 5.74) is 1.29. The third-order valence-electron chi connectivity index (χ3n) is 4.10. The number of carbonyl (C=O) groups excluding carboxylic acids is 2. The standard InChI is InChI=1S/C23H29ClN2O4/c1-5-20(26-22(28)30-23(2,3)4)21(27)25-14-16-9-11-19(12-10-16)29-15-17-7-6-8-18(24)13-17/h6-13,20H,5,14-15H2,1-4H3,(H,25,27)(H,26,28)/t20-/m0/s1. The van der Waals surface area contributed by atoms with Crippen LogP contribution in [0.1, 0.15) is 45.2 Å². The van der Waals surface area contributed by atoms with Gasteiger partial charge in [0.15, 0.2) is 0 Å². The number of hydrogen-bond donors (Lipinski definition) is 2. The Labute approximate surface area is 182 Å². The van der Waals surface area contributed by atoms with Gasteiger partial charge >= 0.3 is 6.09 Å². The molecule has 6 nitrogen and oxygen atoms in total. The van der Waals surface area contributed by atoms with Crippen LogP contribution in [0.15, 0.2) is 48.5 Å². The number of rotatable bonds is 8. The van der Waals surface area contributed by atoms with Crippen molar-refractivity contribution in [3.8, 4) is 5.75 Å². The van der Waals surface area contributed by atoms with Gasteiger partial charge in [0, 0.05) is 11.6 Å². The largest absolute Gasteiger partial charge is 0.489 e. The van der Waals surface area contributed by atoms with Gasteiger partial charge in [-0.25, -0.2) is 4.79 Å². The number of carbonyl (C=O) groups is 2. The van der Waals surface area contributed by atoms with Gasteiger partial charge in [-0.1, -0.05) is 42.8 Å². The summed E-state index contributed by atoms with van der Waals surface area (Å²) in [6, 6.07) is 14.3. The molecule has 0 heterocycles. The SMILES string of the molecule is CC[C@H](NC(=O)OC(C)(C)C)C(=O)NCc1ccc(OCc2cccc(Cl)c2)cc1. The van der Waals surface area contributed by atoms with Crippen molar-refractivity contribution >= 4 is 23.6 Å². The quantitative estimate of drug-likeness (QED) is 0.625. The summed E-state index contributed by atoms with van der Waals surface area (Å²) in [7, 11) is 0. The minimum absolute atomic E-state index is 0.260. The van der Waals surface area contributed by atoms with Crippen LogP contribution < -0.4 is 15.4 Å². The van der Waals surface area contributed by atoms with Gasteiger partial charge < -0.3 is 20.1 Å². The molecular weight excluding hydrogens is 404 g/mol. The van der Waals surface area contributed by atoms with Crippen LogP contribution in [0.3, 0.4) is 0 Å². The summed E-state index contributed by atoms with van der Waals surface area (Å²) in [4.78, 5) is 24.3. The van der Waals surface area contributed by atoms with E-state index in [0.717, 1.165) is 16.9 Å². The Kier molecular flexibility index (Phi) is 8.54. The van der Waals surface area contributed by atoms with Crippen LogP contribution >= 0.6 is 11.6 Å². The molecule has 0 unspecified atom stereocenters. The molecule has 0 aliphatic rings. The third kappa shape index (κ3) is 8.33. The van der Waals surface area contributed by atoms with Gasteiger partial charge in [-0.05, 0) is 62.6 Å². The van der Waals surface area contributed by atoms with Crippen molar-refractivity contribution < 1.29 is 19.1 Å². The van der Waals surface area contributed by atoms with E-state index in [1.807, 2.05) is 55.5 Å². The van der Waals surface area contributed by atoms with Crippen LogP contribution in [0, 0.1) is 0 Å². The Morgan fingerprint density at radius 3 is 2.37 bits per heavy atom.